The van der Waals surface area contributed by atoms with Gasteiger partial charge in [-0.1, -0.05) is 30.5 Å². The van der Waals surface area contributed by atoms with Crippen molar-refractivity contribution in [3.8, 4) is 0 Å². The van der Waals surface area contributed by atoms with Gasteiger partial charge in [0.2, 0.25) is 5.96 Å². The van der Waals surface area contributed by atoms with Gasteiger partial charge in [-0.3, -0.25) is 5.43 Å². The van der Waals surface area contributed by atoms with Gasteiger partial charge in [-0.05, 0) is 44.7 Å². The summed E-state index contributed by atoms with van der Waals surface area (Å²) in [5.41, 5.74) is 7.49. The maximum Gasteiger partial charge on any atom is 0.210 e. The van der Waals surface area contributed by atoms with Crippen LogP contribution < -0.4 is 16.6 Å². The van der Waals surface area contributed by atoms with E-state index in [1.165, 1.54) is 42.4 Å². The number of aliphatic imine (C=N–C) groups is 1. The van der Waals surface area contributed by atoms with Crippen molar-refractivity contribution in [2.75, 3.05) is 5.32 Å². The molecule has 0 heterocycles. The number of rotatable bonds is 2. The molecule has 0 saturated heterocycles. The first-order valence-electron chi connectivity index (χ1n) is 6.99. The second-order valence-electron chi connectivity index (χ2n) is 5.46. The van der Waals surface area contributed by atoms with E-state index >= 15 is 0 Å². The first-order chi connectivity index (χ1) is 9.10. The largest absolute Gasteiger partial charge is 0.325 e. The fraction of sp³-hybridized carbons (Fsp3) is 0.533. The summed E-state index contributed by atoms with van der Waals surface area (Å²) in [6.07, 6.45) is 4.88. The Labute approximate surface area is 115 Å². The van der Waals surface area contributed by atoms with E-state index in [0.29, 0.717) is 12.0 Å². The van der Waals surface area contributed by atoms with Crippen molar-refractivity contribution in [2.24, 2.45) is 10.8 Å². The molecule has 0 amide bonds. The molecule has 1 fully saturated rings. The average Bonchev–Trinajstić information content (AvgIpc) is 2.84. The van der Waals surface area contributed by atoms with Crippen LogP contribution >= 0.6 is 0 Å². The highest BCUT2D eigenvalue weighted by Crippen LogP contribution is 2.23. The van der Waals surface area contributed by atoms with Gasteiger partial charge in [0.05, 0.1) is 6.04 Å². The molecule has 2 rings (SSSR count). The minimum atomic E-state index is 0.407. The van der Waals surface area contributed by atoms with Crippen molar-refractivity contribution >= 4 is 11.6 Å². The Bertz CT molecular complexity index is 450. The fourth-order valence-electron chi connectivity index (χ4n) is 2.82. The molecule has 0 atom stereocenters. The van der Waals surface area contributed by atoms with Crippen LogP contribution in [-0.2, 0) is 0 Å². The molecular weight excluding hydrogens is 236 g/mol. The molecule has 4 heteroatoms. The third kappa shape index (κ3) is 3.47. The van der Waals surface area contributed by atoms with Crippen molar-refractivity contribution < 1.29 is 0 Å². The van der Waals surface area contributed by atoms with Gasteiger partial charge in [-0.15, -0.1) is 0 Å². The number of benzene rings is 1. The van der Waals surface area contributed by atoms with E-state index in [0.717, 1.165) is 5.69 Å². The number of hydrazine groups is 1. The van der Waals surface area contributed by atoms with Crippen LogP contribution in [0, 0.1) is 20.8 Å². The third-order valence-corrected chi connectivity index (χ3v) is 3.69. The van der Waals surface area contributed by atoms with E-state index in [1.54, 1.807) is 0 Å². The summed E-state index contributed by atoms with van der Waals surface area (Å²) in [7, 11) is 0. The molecule has 1 saturated carbocycles. The molecule has 1 aromatic carbocycles. The molecule has 1 aromatic rings. The summed E-state index contributed by atoms with van der Waals surface area (Å²) >= 11 is 0. The normalized spacial score (nSPS) is 16.7. The van der Waals surface area contributed by atoms with Gasteiger partial charge in [0.25, 0.3) is 0 Å². The zero-order valence-electron chi connectivity index (χ0n) is 12.1. The van der Waals surface area contributed by atoms with Crippen LogP contribution in [0.25, 0.3) is 0 Å². The van der Waals surface area contributed by atoms with Crippen molar-refractivity contribution in [1.82, 2.24) is 5.43 Å². The topological polar surface area (TPSA) is 62.4 Å². The lowest BCUT2D eigenvalue weighted by Crippen LogP contribution is -2.37. The van der Waals surface area contributed by atoms with Crippen LogP contribution in [0.4, 0.5) is 5.69 Å². The maximum atomic E-state index is 5.59. The van der Waals surface area contributed by atoms with Gasteiger partial charge in [0.1, 0.15) is 0 Å². The van der Waals surface area contributed by atoms with Gasteiger partial charge in [0.15, 0.2) is 0 Å². The predicted octanol–water partition coefficient (Wildman–Crippen LogP) is 2.79. The second-order valence-corrected chi connectivity index (χ2v) is 5.46. The number of anilines is 1. The van der Waals surface area contributed by atoms with Crippen LogP contribution in [-0.4, -0.2) is 12.0 Å². The van der Waals surface area contributed by atoms with Gasteiger partial charge in [-0.25, -0.2) is 10.8 Å². The van der Waals surface area contributed by atoms with E-state index in [1.807, 2.05) is 0 Å². The zero-order chi connectivity index (χ0) is 13.8. The molecular formula is C15H24N4. The van der Waals surface area contributed by atoms with Crippen LogP contribution in [0.2, 0.25) is 0 Å². The number of nitrogens with one attached hydrogen (secondary N) is 2. The van der Waals surface area contributed by atoms with Gasteiger partial charge in [0, 0.05) is 5.69 Å². The molecule has 0 unspecified atom stereocenters. The van der Waals surface area contributed by atoms with Gasteiger partial charge in [-0.2, -0.15) is 0 Å². The number of guanidine groups is 1. The molecule has 4 nitrogen and oxygen atoms in total. The molecule has 104 valence electrons. The van der Waals surface area contributed by atoms with Gasteiger partial charge >= 0.3 is 0 Å². The summed E-state index contributed by atoms with van der Waals surface area (Å²) in [5, 5.41) is 3.33. The molecule has 1 aliphatic carbocycles. The molecule has 0 bridgehead atoms. The third-order valence-electron chi connectivity index (χ3n) is 3.69. The number of hydrogen-bond donors (Lipinski definition) is 3. The van der Waals surface area contributed by atoms with E-state index in [9.17, 15) is 0 Å². The molecule has 0 aliphatic heterocycles. The summed E-state index contributed by atoms with van der Waals surface area (Å²) < 4.78 is 0. The Morgan fingerprint density at radius 3 is 2.26 bits per heavy atom. The van der Waals surface area contributed by atoms with Crippen molar-refractivity contribution in [3.05, 3.63) is 28.8 Å². The Kier molecular flexibility index (Phi) is 4.43. The lowest BCUT2D eigenvalue weighted by Gasteiger charge is -2.16. The van der Waals surface area contributed by atoms with Crippen molar-refractivity contribution in [2.45, 2.75) is 52.5 Å². The monoisotopic (exact) mass is 260 g/mol. The zero-order valence-corrected chi connectivity index (χ0v) is 12.1. The average molecular weight is 260 g/mol. The van der Waals surface area contributed by atoms with Gasteiger partial charge < -0.3 is 5.32 Å². The number of aryl methyl sites for hydroxylation is 3. The van der Waals surface area contributed by atoms with Crippen LogP contribution in [0.1, 0.15) is 42.4 Å². The number of nitrogens with two attached hydrogens (primary N) is 1. The lowest BCUT2D eigenvalue weighted by atomic mass is 10.1. The Balaban J connectivity index is 2.18. The summed E-state index contributed by atoms with van der Waals surface area (Å²) in [5.74, 6) is 6.25. The standard InChI is InChI=1S/C15H24N4/c1-10-8-11(2)14(12(3)9-10)18-15(19-16)17-13-6-4-5-7-13/h8-9,13H,4-7,16H2,1-3H3,(H2,17,18,19). The highest BCUT2D eigenvalue weighted by atomic mass is 15.3. The SMILES string of the molecule is Cc1cc(C)c(NC(=NC2CCCC2)NN)c(C)c1. The molecule has 4 N–H and O–H groups in total. The van der Waals surface area contributed by atoms with Crippen LogP contribution in [0.15, 0.2) is 17.1 Å². The maximum absolute atomic E-state index is 5.59. The quantitative estimate of drug-likeness (QED) is 0.331. The highest BCUT2D eigenvalue weighted by Gasteiger charge is 2.15. The number of hydrogen-bond acceptors (Lipinski definition) is 2. The first kappa shape index (κ1) is 13.9. The van der Waals surface area contributed by atoms with Crippen LogP contribution in [0.5, 0.6) is 0 Å². The lowest BCUT2D eigenvalue weighted by molar-refractivity contribution is 0.700. The molecule has 0 radical (unpaired) electrons. The first-order valence-corrected chi connectivity index (χ1v) is 6.99. The minimum absolute atomic E-state index is 0.407. The Hall–Kier alpha value is -1.55. The highest BCUT2D eigenvalue weighted by molar-refractivity contribution is 5.94. The van der Waals surface area contributed by atoms with E-state index in [-0.39, 0.29) is 0 Å². The Morgan fingerprint density at radius 2 is 1.74 bits per heavy atom. The number of nitrogens with zero attached hydrogens (tertiary/aromatic N) is 1. The van der Waals surface area contributed by atoms with Crippen molar-refractivity contribution in [1.29, 1.82) is 0 Å². The summed E-state index contributed by atoms with van der Waals surface area (Å²) in [6, 6.07) is 4.74. The molecule has 1 aliphatic rings. The summed E-state index contributed by atoms with van der Waals surface area (Å²) in [4.78, 5) is 4.66. The minimum Gasteiger partial charge on any atom is -0.325 e. The van der Waals surface area contributed by atoms with Crippen LogP contribution in [0.3, 0.4) is 0 Å². The molecule has 0 spiro atoms. The second kappa shape index (κ2) is 6.06. The predicted molar refractivity (Wildman–Crippen MR) is 81.3 cm³/mol. The molecule has 19 heavy (non-hydrogen) atoms. The van der Waals surface area contributed by atoms with E-state index in [2.05, 4.69) is 48.6 Å². The fourth-order valence-corrected chi connectivity index (χ4v) is 2.82. The smallest absolute Gasteiger partial charge is 0.210 e. The molecule has 0 aromatic heterocycles. The Morgan fingerprint density at radius 1 is 1.16 bits per heavy atom. The van der Waals surface area contributed by atoms with E-state index in [4.69, 9.17) is 5.84 Å². The summed E-state index contributed by atoms with van der Waals surface area (Å²) in [6.45, 7) is 6.32. The van der Waals surface area contributed by atoms with Crippen molar-refractivity contribution in [3.63, 3.8) is 0 Å². The van der Waals surface area contributed by atoms with E-state index < -0.39 is 0 Å².